The van der Waals surface area contributed by atoms with Crippen molar-refractivity contribution in [2.75, 3.05) is 30.4 Å². The van der Waals surface area contributed by atoms with Gasteiger partial charge in [-0.1, -0.05) is 0 Å². The zero-order valence-electron chi connectivity index (χ0n) is 12.3. The van der Waals surface area contributed by atoms with Gasteiger partial charge in [0.1, 0.15) is 6.33 Å². The third-order valence-corrected chi connectivity index (χ3v) is 3.38. The molecule has 1 aromatic rings. The van der Waals surface area contributed by atoms with E-state index in [-0.39, 0.29) is 0 Å². The summed E-state index contributed by atoms with van der Waals surface area (Å²) < 4.78 is 5.53. The van der Waals surface area contributed by atoms with E-state index in [9.17, 15) is 0 Å². The van der Waals surface area contributed by atoms with Crippen LogP contribution in [-0.4, -0.2) is 36.2 Å². The third-order valence-electron chi connectivity index (χ3n) is 3.38. The molecule has 106 valence electrons. The first-order chi connectivity index (χ1) is 9.17. The van der Waals surface area contributed by atoms with Crippen LogP contribution in [0.2, 0.25) is 0 Å². The second-order valence-electron chi connectivity index (χ2n) is 5.30. The molecule has 0 unspecified atom stereocenters. The molecule has 1 aliphatic rings. The van der Waals surface area contributed by atoms with Gasteiger partial charge in [-0.15, -0.1) is 0 Å². The number of anilines is 2. The number of nitrogens with one attached hydrogen (secondary N) is 1. The van der Waals surface area contributed by atoms with Crippen molar-refractivity contribution in [3.63, 3.8) is 0 Å². The van der Waals surface area contributed by atoms with Crippen LogP contribution in [0.5, 0.6) is 5.75 Å². The molecule has 1 aliphatic carbocycles. The molecule has 5 nitrogen and oxygen atoms in total. The molecule has 0 spiro atoms. The molecule has 2 rings (SSSR count). The molecule has 19 heavy (non-hydrogen) atoms. The largest absolute Gasteiger partial charge is 0.490 e. The minimum atomic E-state index is 0.402. The summed E-state index contributed by atoms with van der Waals surface area (Å²) in [7, 11) is 1.68. The number of methoxy groups -OCH3 is 1. The van der Waals surface area contributed by atoms with Crippen LogP contribution in [0.3, 0.4) is 0 Å². The van der Waals surface area contributed by atoms with Gasteiger partial charge in [0.05, 0.1) is 7.11 Å². The zero-order valence-corrected chi connectivity index (χ0v) is 12.3. The number of nitrogens with zero attached hydrogens (tertiary/aromatic N) is 3. The highest BCUT2D eigenvalue weighted by Crippen LogP contribution is 2.37. The Labute approximate surface area is 115 Å². The first-order valence-corrected chi connectivity index (χ1v) is 7.06. The van der Waals surface area contributed by atoms with Crippen LogP contribution in [0.15, 0.2) is 6.33 Å². The average Bonchev–Trinajstić information content (AvgIpc) is 3.20. The molecule has 0 amide bonds. The SMILES string of the molecule is CCNc1ncnc(N(CC2CC2)C(C)C)c1OC. The maximum absolute atomic E-state index is 5.53. The molecule has 0 bridgehead atoms. The first kappa shape index (κ1) is 13.9. The number of ether oxygens (including phenoxy) is 1. The minimum Gasteiger partial charge on any atom is -0.490 e. The van der Waals surface area contributed by atoms with E-state index in [1.165, 1.54) is 12.8 Å². The van der Waals surface area contributed by atoms with Crippen LogP contribution >= 0.6 is 0 Å². The monoisotopic (exact) mass is 264 g/mol. The second kappa shape index (κ2) is 6.08. The van der Waals surface area contributed by atoms with Gasteiger partial charge in [-0.05, 0) is 39.5 Å². The summed E-state index contributed by atoms with van der Waals surface area (Å²) >= 11 is 0. The van der Waals surface area contributed by atoms with Crippen LogP contribution in [0.25, 0.3) is 0 Å². The summed E-state index contributed by atoms with van der Waals surface area (Å²) in [4.78, 5) is 11.0. The van der Waals surface area contributed by atoms with Gasteiger partial charge in [0.15, 0.2) is 11.6 Å². The zero-order chi connectivity index (χ0) is 13.8. The Kier molecular flexibility index (Phi) is 4.45. The van der Waals surface area contributed by atoms with Gasteiger partial charge in [-0.3, -0.25) is 0 Å². The van der Waals surface area contributed by atoms with Crippen molar-refractivity contribution in [2.45, 2.75) is 39.7 Å². The van der Waals surface area contributed by atoms with Gasteiger partial charge in [-0.2, -0.15) is 0 Å². The van der Waals surface area contributed by atoms with E-state index in [0.29, 0.717) is 6.04 Å². The molecular weight excluding hydrogens is 240 g/mol. The number of rotatable bonds is 7. The summed E-state index contributed by atoms with van der Waals surface area (Å²) in [6, 6.07) is 0.402. The van der Waals surface area contributed by atoms with Gasteiger partial charge < -0.3 is 15.0 Å². The molecule has 0 saturated heterocycles. The minimum absolute atomic E-state index is 0.402. The van der Waals surface area contributed by atoms with Gasteiger partial charge in [0.2, 0.25) is 5.75 Å². The predicted molar refractivity (Wildman–Crippen MR) is 78.0 cm³/mol. The van der Waals surface area contributed by atoms with E-state index >= 15 is 0 Å². The van der Waals surface area contributed by atoms with Crippen molar-refractivity contribution in [2.24, 2.45) is 5.92 Å². The summed E-state index contributed by atoms with van der Waals surface area (Å²) in [6.07, 6.45) is 4.27. The van der Waals surface area contributed by atoms with Crippen molar-refractivity contribution in [3.05, 3.63) is 6.33 Å². The van der Waals surface area contributed by atoms with Crippen LogP contribution in [-0.2, 0) is 0 Å². The summed E-state index contributed by atoms with van der Waals surface area (Å²) in [5.41, 5.74) is 0. The van der Waals surface area contributed by atoms with E-state index in [4.69, 9.17) is 4.74 Å². The molecule has 0 atom stereocenters. The highest BCUT2D eigenvalue weighted by Gasteiger charge is 2.28. The highest BCUT2D eigenvalue weighted by molar-refractivity contribution is 5.65. The lowest BCUT2D eigenvalue weighted by molar-refractivity contribution is 0.410. The Morgan fingerprint density at radius 3 is 2.68 bits per heavy atom. The van der Waals surface area contributed by atoms with Gasteiger partial charge >= 0.3 is 0 Å². The second-order valence-corrected chi connectivity index (χ2v) is 5.30. The Morgan fingerprint density at radius 2 is 2.16 bits per heavy atom. The lowest BCUT2D eigenvalue weighted by atomic mass is 10.2. The van der Waals surface area contributed by atoms with Gasteiger partial charge in [0, 0.05) is 19.1 Å². The average molecular weight is 264 g/mol. The fraction of sp³-hybridized carbons (Fsp3) is 0.714. The highest BCUT2D eigenvalue weighted by atomic mass is 16.5. The van der Waals surface area contributed by atoms with E-state index in [1.54, 1.807) is 13.4 Å². The van der Waals surface area contributed by atoms with E-state index in [1.807, 2.05) is 6.92 Å². The van der Waals surface area contributed by atoms with Crippen LogP contribution in [0.4, 0.5) is 11.6 Å². The standard InChI is InChI=1S/C14H24N4O/c1-5-15-13-12(19-4)14(17-9-16-13)18(10(2)3)8-11-6-7-11/h9-11H,5-8H2,1-4H3,(H,15,16,17). The van der Waals surface area contributed by atoms with Crippen molar-refractivity contribution in [3.8, 4) is 5.75 Å². The van der Waals surface area contributed by atoms with Crippen LogP contribution < -0.4 is 15.0 Å². The molecule has 1 heterocycles. The smallest absolute Gasteiger partial charge is 0.204 e. The van der Waals surface area contributed by atoms with E-state index < -0.39 is 0 Å². The molecule has 1 aromatic heterocycles. The third kappa shape index (κ3) is 3.28. The van der Waals surface area contributed by atoms with Crippen LogP contribution in [0, 0.1) is 5.92 Å². The predicted octanol–water partition coefficient (Wildman–Crippen LogP) is 2.54. The first-order valence-electron chi connectivity index (χ1n) is 7.06. The number of aromatic nitrogens is 2. The Morgan fingerprint density at radius 1 is 1.42 bits per heavy atom. The maximum Gasteiger partial charge on any atom is 0.204 e. The van der Waals surface area contributed by atoms with Crippen molar-refractivity contribution >= 4 is 11.6 Å². The molecule has 5 heteroatoms. The van der Waals surface area contributed by atoms with Crippen molar-refractivity contribution in [1.29, 1.82) is 0 Å². The fourth-order valence-corrected chi connectivity index (χ4v) is 2.17. The Bertz CT molecular complexity index is 418. The fourth-order valence-electron chi connectivity index (χ4n) is 2.17. The van der Waals surface area contributed by atoms with Crippen molar-refractivity contribution in [1.82, 2.24) is 9.97 Å². The van der Waals surface area contributed by atoms with Gasteiger partial charge in [0.25, 0.3) is 0 Å². The summed E-state index contributed by atoms with van der Waals surface area (Å²) in [5, 5.41) is 3.23. The maximum atomic E-state index is 5.53. The quantitative estimate of drug-likeness (QED) is 0.820. The summed E-state index contributed by atoms with van der Waals surface area (Å²) in [5.74, 6) is 3.23. The Balaban J connectivity index is 2.31. The molecule has 1 saturated carbocycles. The molecule has 0 aromatic carbocycles. The topological polar surface area (TPSA) is 50.3 Å². The van der Waals surface area contributed by atoms with Gasteiger partial charge in [-0.25, -0.2) is 9.97 Å². The molecular formula is C14H24N4O. The lowest BCUT2D eigenvalue weighted by Gasteiger charge is -2.29. The molecule has 0 radical (unpaired) electrons. The lowest BCUT2D eigenvalue weighted by Crippen LogP contribution is -2.34. The van der Waals surface area contributed by atoms with E-state index in [0.717, 1.165) is 36.4 Å². The molecule has 0 aliphatic heterocycles. The normalized spacial score (nSPS) is 14.6. The Hall–Kier alpha value is -1.52. The number of hydrogen-bond acceptors (Lipinski definition) is 5. The van der Waals surface area contributed by atoms with E-state index in [2.05, 4.69) is 34.0 Å². The van der Waals surface area contributed by atoms with Crippen LogP contribution in [0.1, 0.15) is 33.6 Å². The number of hydrogen-bond donors (Lipinski definition) is 1. The van der Waals surface area contributed by atoms with Crippen molar-refractivity contribution < 1.29 is 4.74 Å². The summed E-state index contributed by atoms with van der Waals surface area (Å²) in [6.45, 7) is 8.30. The molecule has 1 N–H and O–H groups in total. The molecule has 1 fully saturated rings.